The lowest BCUT2D eigenvalue weighted by Gasteiger charge is -2.15. The summed E-state index contributed by atoms with van der Waals surface area (Å²) in [7, 11) is 0. The molecule has 0 aliphatic heterocycles. The number of carbonyl (C=O) groups excluding carboxylic acids is 1. The summed E-state index contributed by atoms with van der Waals surface area (Å²) < 4.78 is 5.37. The molecule has 0 saturated heterocycles. The van der Waals surface area contributed by atoms with Gasteiger partial charge in [-0.3, -0.25) is 0 Å². The van der Waals surface area contributed by atoms with Gasteiger partial charge in [-0.15, -0.1) is 0 Å². The van der Waals surface area contributed by atoms with Gasteiger partial charge in [-0.2, -0.15) is 0 Å². The van der Waals surface area contributed by atoms with Crippen LogP contribution >= 0.6 is 23.2 Å². The number of urea groups is 1. The van der Waals surface area contributed by atoms with E-state index in [9.17, 15) is 9.90 Å². The second kappa shape index (κ2) is 8.97. The molecule has 0 radical (unpaired) electrons. The highest BCUT2D eigenvalue weighted by Gasteiger charge is 2.10. The molecule has 0 heterocycles. The summed E-state index contributed by atoms with van der Waals surface area (Å²) >= 11 is 11.8. The highest BCUT2D eigenvalue weighted by atomic mass is 35.5. The zero-order valence-electron chi connectivity index (χ0n) is 12.0. The molecule has 2 amide bonds. The van der Waals surface area contributed by atoms with Crippen molar-refractivity contribution in [2.45, 2.75) is 20.0 Å². The molecule has 118 valence electrons. The number of hydrogen-bond acceptors (Lipinski definition) is 3. The van der Waals surface area contributed by atoms with E-state index < -0.39 is 6.10 Å². The fourth-order valence-electron chi connectivity index (χ4n) is 1.41. The number of nitrogens with one attached hydrogen (secondary N) is 2. The summed E-state index contributed by atoms with van der Waals surface area (Å²) in [5, 5.41) is 15.7. The number of aliphatic hydroxyl groups excluding tert-OH is 1. The summed E-state index contributed by atoms with van der Waals surface area (Å²) in [5.41, 5.74) is 0. The van der Waals surface area contributed by atoms with Crippen molar-refractivity contribution < 1.29 is 14.6 Å². The van der Waals surface area contributed by atoms with E-state index in [1.807, 2.05) is 13.8 Å². The Hall–Kier alpha value is -1.17. The minimum Gasteiger partial charge on any atom is -0.489 e. The smallest absolute Gasteiger partial charge is 0.314 e. The Bertz CT molecular complexity index is 470. The van der Waals surface area contributed by atoms with Gasteiger partial charge in [-0.05, 0) is 18.1 Å². The molecule has 3 N–H and O–H groups in total. The van der Waals surface area contributed by atoms with Crippen molar-refractivity contribution in [2.24, 2.45) is 5.92 Å². The summed E-state index contributed by atoms with van der Waals surface area (Å²) in [6.45, 7) is 4.67. The van der Waals surface area contributed by atoms with E-state index in [1.165, 1.54) is 0 Å². The van der Waals surface area contributed by atoms with E-state index in [4.69, 9.17) is 27.9 Å². The zero-order chi connectivity index (χ0) is 15.8. The highest BCUT2D eigenvalue weighted by Crippen LogP contribution is 2.31. The minimum atomic E-state index is -0.843. The molecular formula is C14H20Cl2N2O3. The van der Waals surface area contributed by atoms with Crippen LogP contribution in [0.15, 0.2) is 18.2 Å². The van der Waals surface area contributed by atoms with Crippen molar-refractivity contribution in [3.05, 3.63) is 28.2 Å². The average molecular weight is 335 g/mol. The molecular weight excluding hydrogens is 315 g/mol. The van der Waals surface area contributed by atoms with Crippen LogP contribution in [0, 0.1) is 5.92 Å². The van der Waals surface area contributed by atoms with Gasteiger partial charge < -0.3 is 20.5 Å². The van der Waals surface area contributed by atoms with Crippen LogP contribution in [0.25, 0.3) is 0 Å². The van der Waals surface area contributed by atoms with Gasteiger partial charge in [0.05, 0.1) is 5.02 Å². The third-order valence-electron chi connectivity index (χ3n) is 2.52. The first-order valence-electron chi connectivity index (χ1n) is 6.66. The van der Waals surface area contributed by atoms with Gasteiger partial charge in [0.15, 0.2) is 0 Å². The minimum absolute atomic E-state index is 0.00449. The second-order valence-electron chi connectivity index (χ2n) is 5.00. The molecule has 1 atom stereocenters. The molecule has 5 nitrogen and oxygen atoms in total. The van der Waals surface area contributed by atoms with Crippen molar-refractivity contribution in [1.82, 2.24) is 10.6 Å². The molecule has 0 bridgehead atoms. The summed E-state index contributed by atoms with van der Waals surface area (Å²) in [5.74, 6) is 0.765. The van der Waals surface area contributed by atoms with Crippen LogP contribution in [0.3, 0.4) is 0 Å². The van der Waals surface area contributed by atoms with Crippen LogP contribution in [-0.2, 0) is 0 Å². The topological polar surface area (TPSA) is 70.6 Å². The SMILES string of the molecule is CC(C)CNC(=O)NCC(O)COc1cccc(Cl)c1Cl. The number of amides is 2. The highest BCUT2D eigenvalue weighted by molar-refractivity contribution is 6.42. The fraction of sp³-hybridized carbons (Fsp3) is 0.500. The van der Waals surface area contributed by atoms with Crippen molar-refractivity contribution in [3.63, 3.8) is 0 Å². The van der Waals surface area contributed by atoms with E-state index in [0.29, 0.717) is 28.3 Å². The molecule has 0 aliphatic rings. The molecule has 0 fully saturated rings. The van der Waals surface area contributed by atoms with Crippen molar-refractivity contribution in [3.8, 4) is 5.75 Å². The predicted octanol–water partition coefficient (Wildman–Crippen LogP) is 2.69. The van der Waals surface area contributed by atoms with Crippen molar-refractivity contribution in [1.29, 1.82) is 0 Å². The van der Waals surface area contributed by atoms with Gasteiger partial charge in [0.25, 0.3) is 0 Å². The fourth-order valence-corrected chi connectivity index (χ4v) is 1.76. The lowest BCUT2D eigenvalue weighted by molar-refractivity contribution is 0.108. The standard InChI is InChI=1S/C14H20Cl2N2O3/c1-9(2)6-17-14(20)18-7-10(19)8-21-12-5-3-4-11(15)13(12)16/h3-5,9-10,19H,6-8H2,1-2H3,(H2,17,18,20). The van der Waals surface area contributed by atoms with Crippen molar-refractivity contribution >= 4 is 29.2 Å². The number of halogens is 2. The van der Waals surface area contributed by atoms with Gasteiger partial charge in [0.1, 0.15) is 23.5 Å². The van der Waals surface area contributed by atoms with Gasteiger partial charge in [-0.1, -0.05) is 43.1 Å². The van der Waals surface area contributed by atoms with Gasteiger partial charge >= 0.3 is 6.03 Å². The van der Waals surface area contributed by atoms with Crippen LogP contribution in [0.2, 0.25) is 10.0 Å². The van der Waals surface area contributed by atoms with E-state index in [-0.39, 0.29) is 19.2 Å². The number of carbonyl (C=O) groups is 1. The number of rotatable bonds is 7. The number of hydrogen-bond donors (Lipinski definition) is 3. The number of ether oxygens (including phenoxy) is 1. The second-order valence-corrected chi connectivity index (χ2v) is 5.79. The molecule has 0 aromatic heterocycles. The lowest BCUT2D eigenvalue weighted by Crippen LogP contribution is -2.42. The molecule has 21 heavy (non-hydrogen) atoms. The monoisotopic (exact) mass is 334 g/mol. The van der Waals surface area contributed by atoms with Gasteiger partial charge in [0, 0.05) is 13.1 Å². The van der Waals surface area contributed by atoms with E-state index >= 15 is 0 Å². The molecule has 1 aromatic rings. The third-order valence-corrected chi connectivity index (χ3v) is 3.32. The normalized spacial score (nSPS) is 12.1. The Balaban J connectivity index is 2.29. The summed E-state index contributed by atoms with van der Waals surface area (Å²) in [6, 6.07) is 4.69. The van der Waals surface area contributed by atoms with E-state index in [2.05, 4.69) is 10.6 Å². The van der Waals surface area contributed by atoms with E-state index in [1.54, 1.807) is 18.2 Å². The Kier molecular flexibility index (Phi) is 7.64. The zero-order valence-corrected chi connectivity index (χ0v) is 13.5. The van der Waals surface area contributed by atoms with Crippen LogP contribution in [0.1, 0.15) is 13.8 Å². The van der Waals surface area contributed by atoms with Crippen LogP contribution in [0.4, 0.5) is 4.79 Å². The Morgan fingerprint density at radius 3 is 2.62 bits per heavy atom. The van der Waals surface area contributed by atoms with Gasteiger partial charge in [-0.25, -0.2) is 4.79 Å². The van der Waals surface area contributed by atoms with Crippen LogP contribution < -0.4 is 15.4 Å². The summed E-state index contributed by atoms with van der Waals surface area (Å²) in [6.07, 6.45) is -0.843. The molecule has 1 unspecified atom stereocenters. The van der Waals surface area contributed by atoms with Crippen LogP contribution in [0.5, 0.6) is 5.75 Å². The maximum absolute atomic E-state index is 11.4. The largest absolute Gasteiger partial charge is 0.489 e. The molecule has 0 saturated carbocycles. The number of benzene rings is 1. The first kappa shape index (κ1) is 17.9. The molecule has 1 aromatic carbocycles. The molecule has 0 spiro atoms. The average Bonchev–Trinajstić information content (AvgIpc) is 2.44. The summed E-state index contributed by atoms with van der Waals surface area (Å²) in [4.78, 5) is 11.4. The van der Waals surface area contributed by atoms with Crippen molar-refractivity contribution in [2.75, 3.05) is 19.7 Å². The predicted molar refractivity (Wildman–Crippen MR) is 84.2 cm³/mol. The first-order chi connectivity index (χ1) is 9.90. The van der Waals surface area contributed by atoms with Crippen LogP contribution in [-0.4, -0.2) is 36.9 Å². The lowest BCUT2D eigenvalue weighted by atomic mass is 10.2. The van der Waals surface area contributed by atoms with E-state index in [0.717, 1.165) is 0 Å². The Labute approximate surface area is 134 Å². The number of aliphatic hydroxyl groups is 1. The van der Waals surface area contributed by atoms with Gasteiger partial charge in [0.2, 0.25) is 0 Å². The maximum Gasteiger partial charge on any atom is 0.314 e. The third kappa shape index (κ3) is 6.89. The molecule has 0 aliphatic carbocycles. The Morgan fingerprint density at radius 2 is 1.95 bits per heavy atom. The molecule has 7 heteroatoms. The first-order valence-corrected chi connectivity index (χ1v) is 7.42. The molecule has 1 rings (SSSR count). The maximum atomic E-state index is 11.4. The quantitative estimate of drug-likeness (QED) is 0.717. The Morgan fingerprint density at radius 1 is 1.29 bits per heavy atom.